The van der Waals surface area contributed by atoms with Crippen molar-refractivity contribution in [2.75, 3.05) is 11.5 Å². The Morgan fingerprint density at radius 2 is 2.21 bits per heavy atom. The molecule has 0 amide bonds. The molecule has 80 valence electrons. The minimum absolute atomic E-state index is 0.109. The number of aromatic amines is 1. The highest BCUT2D eigenvalue weighted by atomic mass is 32.2. The number of hydrogen-bond donors (Lipinski definition) is 2. The van der Waals surface area contributed by atoms with Gasteiger partial charge in [-0.15, -0.1) is 0 Å². The summed E-state index contributed by atoms with van der Waals surface area (Å²) in [6.07, 6.45) is 1.89. The second-order valence-electron chi connectivity index (χ2n) is 3.65. The Kier molecular flexibility index (Phi) is 3.15. The van der Waals surface area contributed by atoms with Crippen LogP contribution in [0.5, 0.6) is 0 Å². The zero-order valence-corrected chi connectivity index (χ0v) is 9.13. The molecule has 1 heterocycles. The summed E-state index contributed by atoms with van der Waals surface area (Å²) in [5.41, 5.74) is 5.44. The van der Waals surface area contributed by atoms with Gasteiger partial charge in [-0.05, 0) is 12.3 Å². The first kappa shape index (κ1) is 11.0. The van der Waals surface area contributed by atoms with Gasteiger partial charge in [0.1, 0.15) is 10.7 Å². The molecule has 0 spiro atoms. The fraction of sp³-hybridized carbons (Fsp3) is 0.625. The summed E-state index contributed by atoms with van der Waals surface area (Å²) in [6.45, 7) is 3.96. The molecule has 0 aromatic carbocycles. The predicted octanol–water partition coefficient (Wildman–Crippen LogP) is 0.812. The molecular weight excluding hydrogens is 202 g/mol. The van der Waals surface area contributed by atoms with E-state index in [1.807, 2.05) is 13.8 Å². The zero-order valence-electron chi connectivity index (χ0n) is 8.32. The molecule has 6 heteroatoms. The maximum absolute atomic E-state index is 11.7. The summed E-state index contributed by atoms with van der Waals surface area (Å²) < 4.78 is 23.4. The molecule has 0 saturated heterocycles. The molecule has 5 nitrogen and oxygen atoms in total. The van der Waals surface area contributed by atoms with Crippen molar-refractivity contribution < 1.29 is 8.42 Å². The van der Waals surface area contributed by atoms with Crippen molar-refractivity contribution >= 4 is 15.7 Å². The third-order valence-electron chi connectivity index (χ3n) is 1.93. The van der Waals surface area contributed by atoms with E-state index in [1.165, 1.54) is 6.20 Å². The number of H-pyrrole nitrogens is 1. The number of nitrogen functional groups attached to an aromatic ring is 1. The Bertz CT molecular complexity index is 394. The van der Waals surface area contributed by atoms with Gasteiger partial charge in [-0.3, -0.25) is 5.10 Å². The van der Waals surface area contributed by atoms with Crippen LogP contribution in [0.3, 0.4) is 0 Å². The highest BCUT2D eigenvalue weighted by Crippen LogP contribution is 2.17. The summed E-state index contributed by atoms with van der Waals surface area (Å²) in [5.74, 6) is 0.598. The predicted molar refractivity (Wildman–Crippen MR) is 54.5 cm³/mol. The summed E-state index contributed by atoms with van der Waals surface area (Å²) in [7, 11) is -3.26. The first-order valence-corrected chi connectivity index (χ1v) is 6.10. The van der Waals surface area contributed by atoms with Gasteiger partial charge >= 0.3 is 0 Å². The lowest BCUT2D eigenvalue weighted by Gasteiger charge is -2.04. The van der Waals surface area contributed by atoms with Gasteiger partial charge in [0.2, 0.25) is 0 Å². The molecule has 0 radical (unpaired) electrons. The van der Waals surface area contributed by atoms with Crippen molar-refractivity contribution in [1.82, 2.24) is 10.2 Å². The number of sulfone groups is 1. The van der Waals surface area contributed by atoms with Gasteiger partial charge in [0.05, 0.1) is 11.9 Å². The van der Waals surface area contributed by atoms with E-state index in [-0.39, 0.29) is 16.5 Å². The lowest BCUT2D eigenvalue weighted by Crippen LogP contribution is -2.10. The number of nitrogens with zero attached hydrogens (tertiary/aromatic N) is 1. The number of nitrogens with two attached hydrogens (primary N) is 1. The molecule has 1 aromatic rings. The second kappa shape index (κ2) is 4.00. The Balaban J connectivity index is 2.82. The average molecular weight is 217 g/mol. The van der Waals surface area contributed by atoms with E-state index >= 15 is 0 Å². The van der Waals surface area contributed by atoms with Gasteiger partial charge in [0.15, 0.2) is 9.84 Å². The van der Waals surface area contributed by atoms with E-state index < -0.39 is 9.84 Å². The number of aromatic nitrogens is 2. The minimum Gasteiger partial charge on any atom is -0.383 e. The van der Waals surface area contributed by atoms with Crippen LogP contribution >= 0.6 is 0 Å². The van der Waals surface area contributed by atoms with Crippen LogP contribution in [0.2, 0.25) is 0 Å². The van der Waals surface area contributed by atoms with Crippen molar-refractivity contribution in [3.63, 3.8) is 0 Å². The Morgan fingerprint density at radius 1 is 1.57 bits per heavy atom. The first-order chi connectivity index (χ1) is 6.43. The minimum atomic E-state index is -3.26. The molecule has 0 atom stereocenters. The third-order valence-corrected chi connectivity index (χ3v) is 3.70. The highest BCUT2D eigenvalue weighted by Gasteiger charge is 2.19. The monoisotopic (exact) mass is 217 g/mol. The SMILES string of the molecule is CC(C)CCS(=O)(=O)c1cn[nH]c1N. The van der Waals surface area contributed by atoms with Crippen LogP contribution < -0.4 is 5.73 Å². The van der Waals surface area contributed by atoms with Gasteiger partial charge < -0.3 is 5.73 Å². The highest BCUT2D eigenvalue weighted by molar-refractivity contribution is 7.91. The Labute approximate surface area is 83.6 Å². The second-order valence-corrected chi connectivity index (χ2v) is 5.73. The van der Waals surface area contributed by atoms with Crippen LogP contribution in [0.4, 0.5) is 5.82 Å². The fourth-order valence-corrected chi connectivity index (χ4v) is 2.63. The van der Waals surface area contributed by atoms with Crippen LogP contribution in [0.1, 0.15) is 20.3 Å². The Hall–Kier alpha value is -1.04. The maximum atomic E-state index is 11.7. The van der Waals surface area contributed by atoms with Gasteiger partial charge in [-0.25, -0.2) is 8.42 Å². The van der Waals surface area contributed by atoms with Crippen LogP contribution in [0.25, 0.3) is 0 Å². The molecule has 0 aliphatic rings. The molecule has 0 aliphatic carbocycles. The molecule has 14 heavy (non-hydrogen) atoms. The number of hydrogen-bond acceptors (Lipinski definition) is 4. The summed E-state index contributed by atoms with van der Waals surface area (Å²) in [6, 6.07) is 0. The van der Waals surface area contributed by atoms with Crippen molar-refractivity contribution in [1.29, 1.82) is 0 Å². The fourth-order valence-electron chi connectivity index (χ4n) is 1.03. The normalized spacial score (nSPS) is 12.2. The number of rotatable bonds is 4. The van der Waals surface area contributed by atoms with E-state index in [0.29, 0.717) is 12.3 Å². The topological polar surface area (TPSA) is 88.8 Å². The van der Waals surface area contributed by atoms with E-state index in [4.69, 9.17) is 5.73 Å². The van der Waals surface area contributed by atoms with Crippen molar-refractivity contribution in [2.24, 2.45) is 5.92 Å². The van der Waals surface area contributed by atoms with E-state index in [9.17, 15) is 8.42 Å². The molecule has 0 aliphatic heterocycles. The van der Waals surface area contributed by atoms with Crippen LogP contribution in [-0.2, 0) is 9.84 Å². The quantitative estimate of drug-likeness (QED) is 0.781. The summed E-state index contributed by atoms with van der Waals surface area (Å²) in [5, 5.41) is 6.00. The molecule has 1 rings (SSSR count). The summed E-state index contributed by atoms with van der Waals surface area (Å²) in [4.78, 5) is 0.109. The standard InChI is InChI=1S/C8H15N3O2S/c1-6(2)3-4-14(12,13)7-5-10-11-8(7)9/h5-6H,3-4H2,1-2H3,(H3,9,10,11). The van der Waals surface area contributed by atoms with E-state index in [0.717, 1.165) is 0 Å². The van der Waals surface area contributed by atoms with Crippen molar-refractivity contribution in [2.45, 2.75) is 25.2 Å². The average Bonchev–Trinajstić information content (AvgIpc) is 2.48. The van der Waals surface area contributed by atoms with E-state index in [1.54, 1.807) is 0 Å². The van der Waals surface area contributed by atoms with Crippen LogP contribution in [-0.4, -0.2) is 24.4 Å². The molecule has 0 fully saturated rings. The van der Waals surface area contributed by atoms with Gasteiger partial charge in [0.25, 0.3) is 0 Å². The lowest BCUT2D eigenvalue weighted by atomic mass is 10.2. The third kappa shape index (κ3) is 2.47. The van der Waals surface area contributed by atoms with Gasteiger partial charge in [-0.1, -0.05) is 13.8 Å². The lowest BCUT2D eigenvalue weighted by molar-refractivity contribution is 0.574. The zero-order chi connectivity index (χ0) is 10.8. The number of nitrogens with one attached hydrogen (secondary N) is 1. The maximum Gasteiger partial charge on any atom is 0.183 e. The first-order valence-electron chi connectivity index (χ1n) is 4.45. The van der Waals surface area contributed by atoms with Crippen molar-refractivity contribution in [3.05, 3.63) is 6.20 Å². The molecule has 1 aromatic heterocycles. The van der Waals surface area contributed by atoms with Gasteiger partial charge in [0, 0.05) is 0 Å². The smallest absolute Gasteiger partial charge is 0.183 e. The molecule has 0 unspecified atom stereocenters. The summed E-state index contributed by atoms with van der Waals surface area (Å²) >= 11 is 0. The van der Waals surface area contributed by atoms with E-state index in [2.05, 4.69) is 10.2 Å². The molecule has 0 bridgehead atoms. The largest absolute Gasteiger partial charge is 0.383 e. The van der Waals surface area contributed by atoms with Crippen LogP contribution in [0, 0.1) is 5.92 Å². The molecule has 3 N–H and O–H groups in total. The Morgan fingerprint density at radius 3 is 2.64 bits per heavy atom. The molecule has 0 saturated carbocycles. The molecular formula is C8H15N3O2S. The van der Waals surface area contributed by atoms with Crippen molar-refractivity contribution in [3.8, 4) is 0 Å². The van der Waals surface area contributed by atoms with Crippen LogP contribution in [0.15, 0.2) is 11.1 Å². The number of anilines is 1. The van der Waals surface area contributed by atoms with Gasteiger partial charge in [-0.2, -0.15) is 5.10 Å².